The van der Waals surface area contributed by atoms with Crippen LogP contribution in [0.4, 0.5) is 0 Å². The quantitative estimate of drug-likeness (QED) is 0.0486. The maximum absolute atomic E-state index is 14.7. The van der Waals surface area contributed by atoms with E-state index in [2.05, 4.69) is 10.3 Å². The van der Waals surface area contributed by atoms with Crippen molar-refractivity contribution in [3.8, 4) is 11.3 Å². The summed E-state index contributed by atoms with van der Waals surface area (Å²) in [6.45, 7) is 19.3. The number of aliphatic hydroxyl groups is 5. The fourth-order valence-electron chi connectivity index (χ4n) is 12.0. The number of likely N-dealkylation sites (N-methyl/N-ethyl adjacent to an activating group) is 3. The molecule has 0 aliphatic carbocycles. The molecule has 1 amide bonds. The molecule has 21 heteroatoms. The molecule has 0 unspecified atom stereocenters. The van der Waals surface area contributed by atoms with Gasteiger partial charge in [-0.15, -0.1) is 5.10 Å². The summed E-state index contributed by atoms with van der Waals surface area (Å²) in [6, 6.07) is 7.07. The number of nitrogens with one attached hydrogen (secondary N) is 1. The number of carbonyl (C=O) groups excluding carboxylic acids is 2. The van der Waals surface area contributed by atoms with Gasteiger partial charge in [-0.2, -0.15) is 0 Å². The van der Waals surface area contributed by atoms with Crippen molar-refractivity contribution in [1.29, 1.82) is 0 Å². The fourth-order valence-corrected chi connectivity index (χ4v) is 12.0. The number of ether oxygens (including phenoxy) is 6. The van der Waals surface area contributed by atoms with Crippen LogP contribution in [0.25, 0.3) is 11.3 Å². The van der Waals surface area contributed by atoms with Gasteiger partial charge in [0.25, 0.3) is 0 Å². The zero-order valence-electron chi connectivity index (χ0n) is 48.1. The average Bonchev–Trinajstić information content (AvgIpc) is 3.83. The Hall–Kier alpha value is -3.26. The van der Waals surface area contributed by atoms with Gasteiger partial charge in [-0.3, -0.25) is 24.4 Å². The third-order valence-electron chi connectivity index (χ3n) is 16.9. The molecule has 0 spiro atoms. The van der Waals surface area contributed by atoms with Gasteiger partial charge in [-0.1, -0.05) is 56.7 Å². The third kappa shape index (κ3) is 15.1. The minimum absolute atomic E-state index is 0.0214. The zero-order valence-corrected chi connectivity index (χ0v) is 48.1. The van der Waals surface area contributed by atoms with E-state index in [-0.39, 0.29) is 50.3 Å². The topological polar surface area (TPSA) is 263 Å². The molecule has 5 rings (SSSR count). The van der Waals surface area contributed by atoms with Crippen LogP contribution in [0.2, 0.25) is 0 Å². The molecule has 7 N–H and O–H groups in total. The van der Waals surface area contributed by atoms with Gasteiger partial charge in [0.05, 0.1) is 42.1 Å². The van der Waals surface area contributed by atoms with Gasteiger partial charge in [0.1, 0.15) is 40.8 Å². The van der Waals surface area contributed by atoms with Crippen LogP contribution < -0.4 is 5.48 Å². The normalized spacial score (nSPS) is 38.6. The molecular formula is C55H95N7O14. The number of aliphatic hydroxyl groups excluding tert-OH is 2. The number of methoxy groups -OCH3 is 1. The predicted octanol–water partition coefficient (Wildman–Crippen LogP) is 3.73. The molecule has 21 nitrogen and oxygen atoms in total. The molecule has 3 aliphatic heterocycles. The Morgan fingerprint density at radius 3 is 2.24 bits per heavy atom. The van der Waals surface area contributed by atoms with Crippen molar-refractivity contribution in [1.82, 2.24) is 35.2 Å². The third-order valence-corrected chi connectivity index (χ3v) is 16.9. The van der Waals surface area contributed by atoms with E-state index < -0.39 is 101 Å². The van der Waals surface area contributed by atoms with E-state index in [1.165, 1.54) is 14.0 Å². The van der Waals surface area contributed by atoms with Crippen LogP contribution in [0.1, 0.15) is 126 Å². The summed E-state index contributed by atoms with van der Waals surface area (Å²) in [5, 5.41) is 78.4. The molecule has 3 saturated heterocycles. The SMILES string of the molecule is CC[C@@H]1OC(=O)[C@H](C)[C@@H](O[C@@H]2C[C@](C)(OC)[C@@](O)(CN(C)Cc3ccc(-c4cn(CCCCCC(=O)NO)nn4)cc3)[C@@H](C)O2)[C@@H](C)[C@@H](O[C@@H]2O[C@H](C)C[C@H](N(C)C)[C@H]2O)[C@](C)(O)C[C@@H](C)CN(C)[C@H](C)[C@@H](O)[C@]1(C)O. The van der Waals surface area contributed by atoms with Crippen molar-refractivity contribution in [2.45, 2.75) is 223 Å². The van der Waals surface area contributed by atoms with Gasteiger partial charge in [0, 0.05) is 69.7 Å². The van der Waals surface area contributed by atoms with Crippen LogP contribution in [-0.4, -0.2) is 210 Å². The van der Waals surface area contributed by atoms with Crippen molar-refractivity contribution in [2.75, 3.05) is 48.4 Å². The monoisotopic (exact) mass is 1080 g/mol. The predicted molar refractivity (Wildman–Crippen MR) is 283 cm³/mol. The zero-order chi connectivity index (χ0) is 56.7. The number of esters is 1. The lowest BCUT2D eigenvalue weighted by Crippen LogP contribution is -2.70. The van der Waals surface area contributed by atoms with Crippen LogP contribution in [0, 0.1) is 17.8 Å². The Labute approximate surface area is 451 Å². The van der Waals surface area contributed by atoms with Crippen molar-refractivity contribution >= 4 is 11.9 Å². The number of cyclic esters (lactones) is 1. The average molecular weight is 1080 g/mol. The first-order valence-electron chi connectivity index (χ1n) is 27.4. The molecule has 0 saturated carbocycles. The number of hydroxylamine groups is 1. The van der Waals surface area contributed by atoms with Crippen LogP contribution in [-0.2, 0) is 51.1 Å². The summed E-state index contributed by atoms with van der Waals surface area (Å²) in [5.74, 6) is -3.22. The first kappa shape index (κ1) is 63.6. The van der Waals surface area contributed by atoms with Crippen LogP contribution >= 0.6 is 0 Å². The molecule has 18 atom stereocenters. The largest absolute Gasteiger partial charge is 0.459 e. The van der Waals surface area contributed by atoms with Gasteiger partial charge < -0.3 is 63.8 Å². The minimum Gasteiger partial charge on any atom is -0.459 e. The van der Waals surface area contributed by atoms with E-state index in [0.717, 1.165) is 29.7 Å². The van der Waals surface area contributed by atoms with E-state index in [9.17, 15) is 35.1 Å². The first-order chi connectivity index (χ1) is 35.5. The lowest BCUT2D eigenvalue weighted by molar-refractivity contribution is -0.339. The second-order valence-corrected chi connectivity index (χ2v) is 23.6. The number of aryl methyl sites for hydroxylation is 1. The Balaban J connectivity index is 1.40. The number of hydrogen-bond acceptors (Lipinski definition) is 19. The summed E-state index contributed by atoms with van der Waals surface area (Å²) < 4.78 is 41.0. The van der Waals surface area contributed by atoms with Gasteiger partial charge in [0.2, 0.25) is 5.91 Å². The Kier molecular flexibility index (Phi) is 22.4. The maximum Gasteiger partial charge on any atom is 0.311 e. The lowest BCUT2D eigenvalue weighted by Gasteiger charge is -2.54. The standard InChI is InChI=1S/C55H95N7O14/c1-16-43-54(10,68)48(65)37(6)61(14)29-33(2)27-52(8,67)49(76-51-46(64)42(59(11)12)26-34(3)72-51)35(4)47(36(5)50(66)74-43)75-45-28-53(9,71-15)55(69,38(7)73-45)32-60(13)30-39-21-23-40(24-22-39)41-31-62(58-56-41)25-19-17-18-20-44(63)57-70/h21-24,31,33-38,42-43,45-49,51,64-65,67-70H,16-20,25-30,32H2,1-15H3,(H,57,63)/t33-,34-,35-,36-,37-,38-,42+,43+,45-,46-,47+,48-,49-,51+,52-,53+,54-,55-/m1/s1. The number of unbranched alkanes of at least 4 members (excludes halogenated alkanes) is 2. The van der Waals surface area contributed by atoms with Crippen LogP contribution in [0.3, 0.4) is 0 Å². The summed E-state index contributed by atoms with van der Waals surface area (Å²) in [7, 11) is 9.04. The summed E-state index contributed by atoms with van der Waals surface area (Å²) in [5.41, 5.74) is -2.07. The molecule has 1 aromatic carbocycles. The maximum atomic E-state index is 14.7. The number of amides is 1. The molecule has 4 heterocycles. The fraction of sp³-hybridized carbons (Fsp3) is 0.818. The highest BCUT2D eigenvalue weighted by atomic mass is 16.7. The molecule has 434 valence electrons. The molecule has 0 radical (unpaired) electrons. The number of hydrogen-bond donors (Lipinski definition) is 7. The highest BCUT2D eigenvalue weighted by Crippen LogP contribution is 2.44. The van der Waals surface area contributed by atoms with E-state index >= 15 is 0 Å². The van der Waals surface area contributed by atoms with Crippen molar-refractivity contribution in [3.05, 3.63) is 36.0 Å². The van der Waals surface area contributed by atoms with Crippen LogP contribution in [0.5, 0.6) is 0 Å². The lowest BCUT2D eigenvalue weighted by atomic mass is 9.75. The van der Waals surface area contributed by atoms with Gasteiger partial charge in [-0.25, -0.2) is 5.48 Å². The number of carbonyl (C=O) groups is 2. The Morgan fingerprint density at radius 1 is 0.947 bits per heavy atom. The molecule has 1 aromatic heterocycles. The first-order valence-corrected chi connectivity index (χ1v) is 27.4. The van der Waals surface area contributed by atoms with E-state index in [4.69, 9.17) is 33.6 Å². The van der Waals surface area contributed by atoms with Crippen molar-refractivity contribution < 1.29 is 68.8 Å². The smallest absolute Gasteiger partial charge is 0.311 e. The summed E-state index contributed by atoms with van der Waals surface area (Å²) in [4.78, 5) is 31.8. The highest BCUT2D eigenvalue weighted by molar-refractivity contribution is 5.74. The Bertz CT molecular complexity index is 2130. The number of benzene rings is 1. The van der Waals surface area contributed by atoms with Crippen molar-refractivity contribution in [3.63, 3.8) is 0 Å². The number of aromatic nitrogens is 3. The molecule has 3 aliphatic rings. The van der Waals surface area contributed by atoms with Gasteiger partial charge >= 0.3 is 5.97 Å². The highest BCUT2D eigenvalue weighted by Gasteiger charge is 2.59. The number of nitrogens with zero attached hydrogens (tertiary/aromatic N) is 6. The minimum atomic E-state index is -1.85. The molecule has 2 aromatic rings. The molecule has 0 bridgehead atoms. The second-order valence-electron chi connectivity index (χ2n) is 23.6. The molecule has 3 fully saturated rings. The van der Waals surface area contributed by atoms with E-state index in [1.54, 1.807) is 44.8 Å². The van der Waals surface area contributed by atoms with Crippen molar-refractivity contribution in [2.24, 2.45) is 17.8 Å². The Morgan fingerprint density at radius 2 is 1.62 bits per heavy atom. The van der Waals surface area contributed by atoms with Gasteiger partial charge in [-0.05, 0) is 120 Å². The summed E-state index contributed by atoms with van der Waals surface area (Å²) in [6.07, 6.45) is -3.79. The van der Waals surface area contributed by atoms with E-state index in [1.807, 2.05) is 101 Å². The van der Waals surface area contributed by atoms with Gasteiger partial charge in [0.15, 0.2) is 12.6 Å². The second kappa shape index (κ2) is 26.8. The van der Waals surface area contributed by atoms with E-state index in [0.29, 0.717) is 32.5 Å². The number of rotatable bonds is 18. The molecule has 76 heavy (non-hydrogen) atoms. The summed E-state index contributed by atoms with van der Waals surface area (Å²) >= 11 is 0. The van der Waals surface area contributed by atoms with Crippen LogP contribution in [0.15, 0.2) is 30.5 Å². The molecular weight excluding hydrogens is 983 g/mol.